The number of rotatable bonds is 16. The van der Waals surface area contributed by atoms with Gasteiger partial charge < -0.3 is 33.7 Å². The van der Waals surface area contributed by atoms with E-state index in [4.69, 9.17) is 23.7 Å². The van der Waals surface area contributed by atoms with Gasteiger partial charge in [-0.25, -0.2) is 9.59 Å². The molecule has 0 aliphatic rings. The van der Waals surface area contributed by atoms with Crippen LogP contribution in [-0.2, 0) is 16.0 Å². The number of nitrogens with zero attached hydrogens (tertiary/aromatic N) is 1. The van der Waals surface area contributed by atoms with Crippen LogP contribution in [0, 0.1) is 0 Å². The number of para-hydroxylation sites is 3. The monoisotopic (exact) mass is 537 g/mol. The van der Waals surface area contributed by atoms with Crippen LogP contribution in [0.1, 0.15) is 18.9 Å². The second kappa shape index (κ2) is 15.9. The van der Waals surface area contributed by atoms with Gasteiger partial charge in [-0.1, -0.05) is 42.5 Å². The smallest absolute Gasteiger partial charge is 0.415 e. The van der Waals surface area contributed by atoms with Gasteiger partial charge in [0.1, 0.15) is 18.1 Å². The first-order valence-electron chi connectivity index (χ1n) is 12.8. The highest BCUT2D eigenvalue weighted by Crippen LogP contribution is 2.26. The summed E-state index contributed by atoms with van der Waals surface area (Å²) < 4.78 is 27.8. The quantitative estimate of drug-likeness (QED) is 0.253. The molecule has 0 spiro atoms. The van der Waals surface area contributed by atoms with Crippen LogP contribution in [-0.4, -0.2) is 68.2 Å². The molecular formula is C30H35NO8. The first-order valence-corrected chi connectivity index (χ1v) is 12.8. The number of carbonyl (C=O) groups is 2. The Kier molecular flexibility index (Phi) is 11.9. The highest BCUT2D eigenvalue weighted by molar-refractivity contribution is 5.73. The third kappa shape index (κ3) is 9.86. The molecule has 9 nitrogen and oxygen atoms in total. The van der Waals surface area contributed by atoms with E-state index in [1.54, 1.807) is 60.4 Å². The van der Waals surface area contributed by atoms with Gasteiger partial charge in [-0.2, -0.15) is 0 Å². The zero-order chi connectivity index (χ0) is 27.9. The van der Waals surface area contributed by atoms with Crippen molar-refractivity contribution < 1.29 is 38.4 Å². The second-order valence-corrected chi connectivity index (χ2v) is 8.50. The number of methoxy groups -OCH3 is 1. The first-order chi connectivity index (χ1) is 19.0. The fourth-order valence-electron chi connectivity index (χ4n) is 3.75. The highest BCUT2D eigenvalue weighted by Gasteiger charge is 2.19. The van der Waals surface area contributed by atoms with Crippen molar-refractivity contribution in [2.45, 2.75) is 25.9 Å². The van der Waals surface area contributed by atoms with Gasteiger partial charge in [-0.3, -0.25) is 0 Å². The van der Waals surface area contributed by atoms with E-state index >= 15 is 0 Å². The van der Waals surface area contributed by atoms with E-state index in [0.29, 0.717) is 43.4 Å². The molecule has 0 radical (unpaired) electrons. The predicted molar refractivity (Wildman–Crippen MR) is 146 cm³/mol. The molecule has 0 aliphatic heterocycles. The summed E-state index contributed by atoms with van der Waals surface area (Å²) in [6.07, 6.45) is -0.559. The molecule has 1 atom stereocenters. The minimum atomic E-state index is -0.994. The van der Waals surface area contributed by atoms with E-state index in [1.807, 2.05) is 30.3 Å². The summed E-state index contributed by atoms with van der Waals surface area (Å²) in [4.78, 5) is 25.9. The maximum Gasteiger partial charge on any atom is 0.415 e. The van der Waals surface area contributed by atoms with E-state index in [-0.39, 0.29) is 19.6 Å². The summed E-state index contributed by atoms with van der Waals surface area (Å²) in [6.45, 7) is 3.44. The standard InChI is InChI=1S/C30H35NO8/c1-3-36-28(29(32)33)22-23-14-16-25(17-15-23)38-21-19-31(18-9-20-37-24-10-5-4-6-11-24)30(34)39-27-13-8-7-12-26(27)35-2/h4-8,10-17,28H,3,9,18-22H2,1-2H3,(H,32,33). The number of carbonyl (C=O) groups excluding carboxylic acids is 1. The summed E-state index contributed by atoms with van der Waals surface area (Å²) >= 11 is 0. The maximum absolute atomic E-state index is 13.0. The molecule has 1 amide bonds. The molecule has 3 aromatic rings. The van der Waals surface area contributed by atoms with E-state index in [9.17, 15) is 14.7 Å². The molecule has 208 valence electrons. The van der Waals surface area contributed by atoms with Crippen LogP contribution >= 0.6 is 0 Å². The van der Waals surface area contributed by atoms with Crippen molar-refractivity contribution in [2.24, 2.45) is 0 Å². The number of amides is 1. The number of hydrogen-bond donors (Lipinski definition) is 1. The van der Waals surface area contributed by atoms with Gasteiger partial charge in [-0.15, -0.1) is 0 Å². The van der Waals surface area contributed by atoms with Gasteiger partial charge in [0.25, 0.3) is 0 Å². The Balaban J connectivity index is 1.56. The topological polar surface area (TPSA) is 104 Å². The van der Waals surface area contributed by atoms with Crippen LogP contribution in [0.5, 0.6) is 23.0 Å². The Labute approximate surface area is 228 Å². The third-order valence-corrected chi connectivity index (χ3v) is 5.73. The van der Waals surface area contributed by atoms with Crippen molar-refractivity contribution in [3.05, 3.63) is 84.4 Å². The Bertz CT molecular complexity index is 1150. The van der Waals surface area contributed by atoms with Crippen LogP contribution in [0.4, 0.5) is 4.79 Å². The Morgan fingerprint density at radius 1 is 0.821 bits per heavy atom. The van der Waals surface area contributed by atoms with Gasteiger partial charge in [0.2, 0.25) is 0 Å². The molecular weight excluding hydrogens is 502 g/mol. The molecule has 0 aromatic heterocycles. The van der Waals surface area contributed by atoms with Gasteiger partial charge in [0, 0.05) is 19.6 Å². The molecule has 0 bridgehead atoms. The molecule has 39 heavy (non-hydrogen) atoms. The minimum absolute atomic E-state index is 0.233. The zero-order valence-corrected chi connectivity index (χ0v) is 22.3. The molecule has 0 saturated heterocycles. The van der Waals surface area contributed by atoms with Crippen LogP contribution in [0.3, 0.4) is 0 Å². The van der Waals surface area contributed by atoms with E-state index in [1.165, 1.54) is 7.11 Å². The van der Waals surface area contributed by atoms with Gasteiger partial charge in [0.15, 0.2) is 17.6 Å². The van der Waals surface area contributed by atoms with Crippen LogP contribution < -0.4 is 18.9 Å². The molecule has 0 fully saturated rings. The average molecular weight is 538 g/mol. The molecule has 3 aromatic carbocycles. The van der Waals surface area contributed by atoms with Crippen molar-refractivity contribution in [2.75, 3.05) is 40.0 Å². The highest BCUT2D eigenvalue weighted by atomic mass is 16.6. The predicted octanol–water partition coefficient (Wildman–Crippen LogP) is 5.08. The third-order valence-electron chi connectivity index (χ3n) is 5.73. The van der Waals surface area contributed by atoms with Crippen LogP contribution in [0.15, 0.2) is 78.9 Å². The molecule has 0 heterocycles. The lowest BCUT2D eigenvalue weighted by Gasteiger charge is -2.23. The number of carboxylic acids is 1. The molecule has 3 rings (SSSR count). The van der Waals surface area contributed by atoms with Crippen molar-refractivity contribution in [1.29, 1.82) is 0 Å². The van der Waals surface area contributed by atoms with Gasteiger partial charge >= 0.3 is 12.1 Å². The summed E-state index contributed by atoms with van der Waals surface area (Å²) in [5.74, 6) is 1.17. The van der Waals surface area contributed by atoms with E-state index in [0.717, 1.165) is 11.3 Å². The molecule has 9 heteroatoms. The lowest BCUT2D eigenvalue weighted by Crippen LogP contribution is -2.38. The van der Waals surface area contributed by atoms with Crippen molar-refractivity contribution in [1.82, 2.24) is 4.90 Å². The summed E-state index contributed by atoms with van der Waals surface area (Å²) in [7, 11) is 1.52. The van der Waals surface area contributed by atoms with Crippen molar-refractivity contribution in [3.63, 3.8) is 0 Å². The summed E-state index contributed by atoms with van der Waals surface area (Å²) in [5, 5.41) is 9.28. The van der Waals surface area contributed by atoms with Crippen LogP contribution in [0.2, 0.25) is 0 Å². The number of hydrogen-bond acceptors (Lipinski definition) is 7. The Morgan fingerprint density at radius 3 is 2.13 bits per heavy atom. The second-order valence-electron chi connectivity index (χ2n) is 8.50. The van der Waals surface area contributed by atoms with Gasteiger partial charge in [0.05, 0.1) is 20.3 Å². The Morgan fingerprint density at radius 2 is 1.46 bits per heavy atom. The number of ether oxygens (including phenoxy) is 5. The lowest BCUT2D eigenvalue weighted by molar-refractivity contribution is -0.149. The van der Waals surface area contributed by atoms with Crippen molar-refractivity contribution >= 4 is 12.1 Å². The summed E-state index contributed by atoms with van der Waals surface area (Å²) in [5.41, 5.74) is 0.823. The van der Waals surface area contributed by atoms with E-state index in [2.05, 4.69) is 0 Å². The number of benzene rings is 3. The number of carboxylic acid groups (broad SMARTS) is 1. The lowest BCUT2D eigenvalue weighted by atomic mass is 10.1. The summed E-state index contributed by atoms with van der Waals surface area (Å²) in [6, 6.07) is 23.6. The van der Waals surface area contributed by atoms with E-state index < -0.39 is 18.2 Å². The molecule has 0 aliphatic carbocycles. The van der Waals surface area contributed by atoms with Crippen molar-refractivity contribution in [3.8, 4) is 23.0 Å². The molecule has 0 saturated carbocycles. The average Bonchev–Trinajstić information content (AvgIpc) is 2.95. The zero-order valence-electron chi connectivity index (χ0n) is 22.3. The first kappa shape index (κ1) is 29.3. The number of aliphatic carboxylic acids is 1. The van der Waals surface area contributed by atoms with Crippen LogP contribution in [0.25, 0.3) is 0 Å². The Hall–Kier alpha value is -4.24. The van der Waals surface area contributed by atoms with Gasteiger partial charge in [-0.05, 0) is 55.3 Å². The SMILES string of the molecule is CCOC(Cc1ccc(OCCN(CCCOc2ccccc2)C(=O)Oc2ccccc2OC)cc1)C(=O)O. The maximum atomic E-state index is 13.0. The normalized spacial score (nSPS) is 11.3. The fourth-order valence-corrected chi connectivity index (χ4v) is 3.75. The molecule has 1 unspecified atom stereocenters. The fraction of sp³-hybridized carbons (Fsp3) is 0.333. The minimum Gasteiger partial charge on any atom is -0.494 e. The molecule has 1 N–H and O–H groups in total. The largest absolute Gasteiger partial charge is 0.494 e.